The lowest BCUT2D eigenvalue weighted by molar-refractivity contribution is -0.139. The monoisotopic (exact) mass is 295 g/mol. The molecule has 2 N–H and O–H groups in total. The maximum Gasteiger partial charge on any atom is 0.321 e. The Balaban J connectivity index is 4.44. The van der Waals surface area contributed by atoms with E-state index in [1.54, 1.807) is 0 Å². The molecule has 0 aliphatic carbocycles. The number of methoxy groups -OCH3 is 1. The molecule has 0 aliphatic rings. The standard InChI is InChI=1S/C12H25NO5S/c1-12(2,3)7-9-19(16,17)13-10(11(14)15)6-5-8-18-4/h10,13H,5-9H2,1-4H3,(H,14,15). The Morgan fingerprint density at radius 2 is 1.95 bits per heavy atom. The third-order valence-electron chi connectivity index (χ3n) is 2.58. The minimum absolute atomic E-state index is 0.0649. The predicted octanol–water partition coefficient (Wildman–Crippen LogP) is 1.22. The molecule has 0 saturated heterocycles. The van der Waals surface area contributed by atoms with Crippen molar-refractivity contribution in [1.82, 2.24) is 4.72 Å². The summed E-state index contributed by atoms with van der Waals surface area (Å²) < 4.78 is 30.7. The van der Waals surface area contributed by atoms with Gasteiger partial charge in [0.05, 0.1) is 5.75 Å². The molecule has 0 aromatic carbocycles. The van der Waals surface area contributed by atoms with Crippen LogP contribution in [-0.2, 0) is 19.6 Å². The fraction of sp³-hybridized carbons (Fsp3) is 0.917. The van der Waals surface area contributed by atoms with E-state index in [9.17, 15) is 13.2 Å². The van der Waals surface area contributed by atoms with Gasteiger partial charge in [0, 0.05) is 13.7 Å². The summed E-state index contributed by atoms with van der Waals surface area (Å²) in [4.78, 5) is 11.0. The van der Waals surface area contributed by atoms with E-state index in [1.165, 1.54) is 7.11 Å². The van der Waals surface area contributed by atoms with Crippen LogP contribution in [0.25, 0.3) is 0 Å². The SMILES string of the molecule is COCCCC(NS(=O)(=O)CCC(C)(C)C)C(=O)O. The maximum atomic E-state index is 11.8. The topological polar surface area (TPSA) is 92.7 Å². The van der Waals surface area contributed by atoms with Gasteiger partial charge in [0.2, 0.25) is 10.0 Å². The third kappa shape index (κ3) is 9.86. The van der Waals surface area contributed by atoms with Gasteiger partial charge in [0.25, 0.3) is 0 Å². The van der Waals surface area contributed by atoms with E-state index in [1.807, 2.05) is 20.8 Å². The van der Waals surface area contributed by atoms with Crippen LogP contribution in [0.1, 0.15) is 40.0 Å². The van der Waals surface area contributed by atoms with E-state index in [2.05, 4.69) is 4.72 Å². The van der Waals surface area contributed by atoms with Crippen LogP contribution in [0.4, 0.5) is 0 Å². The van der Waals surface area contributed by atoms with Crippen molar-refractivity contribution in [3.8, 4) is 0 Å². The lowest BCUT2D eigenvalue weighted by Crippen LogP contribution is -2.42. The van der Waals surface area contributed by atoms with Crippen LogP contribution in [0.5, 0.6) is 0 Å². The van der Waals surface area contributed by atoms with Crippen molar-refractivity contribution in [2.45, 2.75) is 46.1 Å². The van der Waals surface area contributed by atoms with Gasteiger partial charge in [-0.1, -0.05) is 20.8 Å². The molecule has 0 fully saturated rings. The van der Waals surface area contributed by atoms with Gasteiger partial charge in [0.1, 0.15) is 6.04 Å². The summed E-state index contributed by atoms with van der Waals surface area (Å²) in [5.41, 5.74) is -0.108. The molecule has 7 heteroatoms. The van der Waals surface area contributed by atoms with Crippen molar-refractivity contribution in [1.29, 1.82) is 0 Å². The molecule has 0 spiro atoms. The molecule has 0 heterocycles. The molecule has 1 atom stereocenters. The Morgan fingerprint density at radius 1 is 1.37 bits per heavy atom. The van der Waals surface area contributed by atoms with Crippen molar-refractivity contribution in [3.63, 3.8) is 0 Å². The summed E-state index contributed by atoms with van der Waals surface area (Å²) in [6.45, 7) is 6.23. The zero-order valence-corrected chi connectivity index (χ0v) is 12.9. The van der Waals surface area contributed by atoms with Crippen molar-refractivity contribution in [3.05, 3.63) is 0 Å². The Bertz CT molecular complexity index is 372. The van der Waals surface area contributed by atoms with Crippen LogP contribution < -0.4 is 4.72 Å². The van der Waals surface area contributed by atoms with Crippen LogP contribution in [0, 0.1) is 5.41 Å². The number of carboxylic acids is 1. The number of hydrogen-bond donors (Lipinski definition) is 2. The fourth-order valence-corrected chi connectivity index (χ4v) is 3.03. The van der Waals surface area contributed by atoms with Crippen LogP contribution in [0.15, 0.2) is 0 Å². The van der Waals surface area contributed by atoms with Gasteiger partial charge in [-0.2, -0.15) is 0 Å². The van der Waals surface area contributed by atoms with Crippen LogP contribution in [0.3, 0.4) is 0 Å². The lowest BCUT2D eigenvalue weighted by Gasteiger charge is -2.19. The van der Waals surface area contributed by atoms with Crippen LogP contribution >= 0.6 is 0 Å². The molecule has 0 aromatic rings. The first-order valence-corrected chi connectivity index (χ1v) is 7.94. The number of carbonyl (C=O) groups is 1. The van der Waals surface area contributed by atoms with Crippen molar-refractivity contribution in [2.75, 3.05) is 19.5 Å². The van der Waals surface area contributed by atoms with Crippen LogP contribution in [0.2, 0.25) is 0 Å². The molecule has 19 heavy (non-hydrogen) atoms. The van der Waals surface area contributed by atoms with Gasteiger partial charge in [-0.3, -0.25) is 4.79 Å². The molecule has 1 unspecified atom stereocenters. The van der Waals surface area contributed by atoms with Gasteiger partial charge in [-0.25, -0.2) is 13.1 Å². The average molecular weight is 295 g/mol. The zero-order valence-electron chi connectivity index (χ0n) is 12.1. The Hall–Kier alpha value is -0.660. The zero-order chi connectivity index (χ0) is 15.1. The van der Waals surface area contributed by atoms with Gasteiger partial charge >= 0.3 is 5.97 Å². The summed E-state index contributed by atoms with van der Waals surface area (Å²) in [5, 5.41) is 9.00. The van der Waals surface area contributed by atoms with E-state index in [-0.39, 0.29) is 17.6 Å². The summed E-state index contributed by atoms with van der Waals surface area (Å²) in [6.07, 6.45) is 1.19. The minimum Gasteiger partial charge on any atom is -0.480 e. The van der Waals surface area contributed by atoms with Gasteiger partial charge < -0.3 is 9.84 Å². The summed E-state index contributed by atoms with van der Waals surface area (Å²) in [5.74, 6) is -1.22. The number of carboxylic acid groups (broad SMARTS) is 1. The van der Waals surface area contributed by atoms with E-state index >= 15 is 0 Å². The average Bonchev–Trinajstić information content (AvgIpc) is 2.24. The number of aliphatic carboxylic acids is 1. The highest BCUT2D eigenvalue weighted by Gasteiger charge is 2.25. The Morgan fingerprint density at radius 3 is 2.37 bits per heavy atom. The quantitative estimate of drug-likeness (QED) is 0.624. The molecule has 0 saturated carbocycles. The first kappa shape index (κ1) is 18.3. The first-order valence-electron chi connectivity index (χ1n) is 6.29. The summed E-state index contributed by atoms with van der Waals surface area (Å²) >= 11 is 0. The molecular formula is C12H25NO5S. The predicted molar refractivity (Wildman–Crippen MR) is 73.5 cm³/mol. The highest BCUT2D eigenvalue weighted by molar-refractivity contribution is 7.89. The number of nitrogens with one attached hydrogen (secondary N) is 1. The van der Waals surface area contributed by atoms with Crippen molar-refractivity contribution < 1.29 is 23.1 Å². The Labute approximate surface area is 115 Å². The van der Waals surface area contributed by atoms with Gasteiger partial charge in [-0.15, -0.1) is 0 Å². The van der Waals surface area contributed by atoms with Crippen molar-refractivity contribution >= 4 is 16.0 Å². The highest BCUT2D eigenvalue weighted by atomic mass is 32.2. The largest absolute Gasteiger partial charge is 0.480 e. The number of rotatable bonds is 9. The normalized spacial score (nSPS) is 14.3. The first-order chi connectivity index (χ1) is 8.57. The van der Waals surface area contributed by atoms with E-state index in [0.29, 0.717) is 19.4 Å². The van der Waals surface area contributed by atoms with E-state index in [0.717, 1.165) is 0 Å². The smallest absolute Gasteiger partial charge is 0.321 e. The number of sulfonamides is 1. The molecule has 0 aliphatic heterocycles. The molecule has 6 nitrogen and oxygen atoms in total. The number of hydrogen-bond acceptors (Lipinski definition) is 4. The molecule has 0 aromatic heterocycles. The highest BCUT2D eigenvalue weighted by Crippen LogP contribution is 2.19. The molecular weight excluding hydrogens is 270 g/mol. The number of ether oxygens (including phenoxy) is 1. The van der Waals surface area contributed by atoms with E-state index in [4.69, 9.17) is 9.84 Å². The van der Waals surface area contributed by atoms with Crippen molar-refractivity contribution in [2.24, 2.45) is 5.41 Å². The molecule has 0 amide bonds. The minimum atomic E-state index is -3.57. The van der Waals surface area contributed by atoms with Gasteiger partial charge in [0.15, 0.2) is 0 Å². The second kappa shape index (κ2) is 7.81. The Kier molecular flexibility index (Phi) is 7.54. The second-order valence-electron chi connectivity index (χ2n) is 5.77. The molecule has 0 rings (SSSR count). The summed E-state index contributed by atoms with van der Waals surface area (Å²) in [7, 11) is -2.05. The van der Waals surface area contributed by atoms with Gasteiger partial charge in [-0.05, 0) is 24.7 Å². The molecule has 114 valence electrons. The maximum absolute atomic E-state index is 11.8. The van der Waals surface area contributed by atoms with E-state index < -0.39 is 22.0 Å². The third-order valence-corrected chi connectivity index (χ3v) is 3.97. The summed E-state index contributed by atoms with van der Waals surface area (Å²) in [6, 6.07) is -1.08. The van der Waals surface area contributed by atoms with Crippen LogP contribution in [-0.4, -0.2) is 45.0 Å². The fourth-order valence-electron chi connectivity index (χ4n) is 1.38. The molecule has 0 bridgehead atoms. The molecule has 0 radical (unpaired) electrons. The second-order valence-corrected chi connectivity index (χ2v) is 7.65. The lowest BCUT2D eigenvalue weighted by atomic mass is 9.94.